The Kier molecular flexibility index (Phi) is 4.61. The maximum absolute atomic E-state index is 13.3. The van der Waals surface area contributed by atoms with Crippen molar-refractivity contribution >= 4 is 56.9 Å². The fraction of sp³-hybridized carbons (Fsp3) is 0. The molecule has 0 fully saturated rings. The molecule has 0 atom stereocenters. The molecule has 4 aromatic rings. The highest BCUT2D eigenvalue weighted by Gasteiger charge is 2.37. The van der Waals surface area contributed by atoms with Crippen LogP contribution in [0.3, 0.4) is 0 Å². The molecule has 0 aromatic heterocycles. The number of carbonyl (C=O) groups is 2. The number of anilines is 3. The summed E-state index contributed by atoms with van der Waals surface area (Å²) in [6.45, 7) is 0. The van der Waals surface area contributed by atoms with E-state index >= 15 is 0 Å². The van der Waals surface area contributed by atoms with Crippen molar-refractivity contribution in [3.8, 4) is 0 Å². The van der Waals surface area contributed by atoms with Gasteiger partial charge in [0.2, 0.25) is 0 Å². The Hall–Kier alpha value is -4.23. The van der Waals surface area contributed by atoms with Gasteiger partial charge in [0.05, 0.1) is 16.2 Å². The molecule has 0 bridgehead atoms. The molecule has 1 aliphatic rings. The lowest BCUT2D eigenvalue weighted by Crippen LogP contribution is -2.40. The number of para-hydroxylation sites is 1. The van der Waals surface area contributed by atoms with Crippen LogP contribution in [0.15, 0.2) is 78.9 Å². The highest BCUT2D eigenvalue weighted by atomic mass is 35.5. The molecule has 0 saturated heterocycles. The van der Waals surface area contributed by atoms with E-state index in [-0.39, 0.29) is 16.9 Å². The molecule has 0 aliphatic carbocycles. The van der Waals surface area contributed by atoms with Gasteiger partial charge in [-0.25, -0.2) is 4.90 Å². The van der Waals surface area contributed by atoms with Crippen molar-refractivity contribution in [3.05, 3.63) is 105 Å². The fourth-order valence-corrected chi connectivity index (χ4v) is 4.14. The van der Waals surface area contributed by atoms with E-state index in [1.165, 1.54) is 6.07 Å². The molecule has 1 N–H and O–H groups in total. The van der Waals surface area contributed by atoms with Gasteiger partial charge in [0.25, 0.3) is 17.5 Å². The van der Waals surface area contributed by atoms with Crippen LogP contribution in [0.25, 0.3) is 10.8 Å². The number of carbonyl (C=O) groups excluding carboxylic acids is 2. The van der Waals surface area contributed by atoms with E-state index < -0.39 is 16.7 Å². The molecule has 1 aliphatic heterocycles. The number of nitro groups is 1. The van der Waals surface area contributed by atoms with Crippen molar-refractivity contribution in [2.24, 2.45) is 0 Å². The number of benzene rings is 4. The lowest BCUT2D eigenvalue weighted by atomic mass is 9.91. The molecular formula is C24H14ClN3O4. The number of hydrogen-bond donors (Lipinski definition) is 1. The minimum atomic E-state index is -0.609. The molecule has 7 nitrogen and oxygen atoms in total. The average Bonchev–Trinajstić information content (AvgIpc) is 2.78. The predicted octanol–water partition coefficient (Wildman–Crippen LogP) is 5.95. The number of hydrogen-bond acceptors (Lipinski definition) is 5. The van der Waals surface area contributed by atoms with E-state index in [0.29, 0.717) is 32.7 Å². The summed E-state index contributed by atoms with van der Waals surface area (Å²) >= 11 is 6.06. The molecule has 0 spiro atoms. The Morgan fingerprint density at radius 3 is 2.28 bits per heavy atom. The van der Waals surface area contributed by atoms with Crippen molar-refractivity contribution < 1.29 is 14.5 Å². The summed E-state index contributed by atoms with van der Waals surface area (Å²) in [6.07, 6.45) is 0. The second kappa shape index (κ2) is 7.47. The van der Waals surface area contributed by atoms with Crippen LogP contribution in [0.4, 0.5) is 22.7 Å². The average molecular weight is 444 g/mol. The first kappa shape index (κ1) is 19.7. The van der Waals surface area contributed by atoms with Gasteiger partial charge in [0.15, 0.2) is 0 Å². The lowest BCUT2D eigenvalue weighted by Gasteiger charge is -2.27. The number of nitrogens with one attached hydrogen (secondary N) is 1. The smallest absolute Gasteiger partial charge is 0.294 e. The number of imide groups is 1. The monoisotopic (exact) mass is 443 g/mol. The van der Waals surface area contributed by atoms with Crippen LogP contribution in [0.5, 0.6) is 0 Å². The Bertz CT molecular complexity index is 1440. The van der Waals surface area contributed by atoms with Crippen molar-refractivity contribution in [1.29, 1.82) is 0 Å². The summed E-state index contributed by atoms with van der Waals surface area (Å²) in [5, 5.41) is 16.3. The lowest BCUT2D eigenvalue weighted by molar-refractivity contribution is -0.383. The first-order valence-electron chi connectivity index (χ1n) is 9.66. The third kappa shape index (κ3) is 3.07. The van der Waals surface area contributed by atoms with Gasteiger partial charge in [-0.2, -0.15) is 0 Å². The fourth-order valence-electron chi connectivity index (χ4n) is 3.95. The predicted molar refractivity (Wildman–Crippen MR) is 123 cm³/mol. The summed E-state index contributed by atoms with van der Waals surface area (Å²) in [4.78, 5) is 39.1. The summed E-state index contributed by atoms with van der Waals surface area (Å²) in [7, 11) is 0. The maximum atomic E-state index is 13.3. The van der Waals surface area contributed by atoms with Gasteiger partial charge in [-0.05, 0) is 36.4 Å². The zero-order valence-electron chi connectivity index (χ0n) is 16.4. The molecule has 0 radical (unpaired) electrons. The zero-order chi connectivity index (χ0) is 22.4. The third-order valence-electron chi connectivity index (χ3n) is 5.31. The van der Waals surface area contributed by atoms with Gasteiger partial charge in [-0.15, -0.1) is 0 Å². The molecule has 32 heavy (non-hydrogen) atoms. The van der Waals surface area contributed by atoms with Gasteiger partial charge >= 0.3 is 0 Å². The normalized spacial score (nSPS) is 12.8. The summed E-state index contributed by atoms with van der Waals surface area (Å²) in [5.41, 5.74) is 1.24. The van der Waals surface area contributed by atoms with Crippen molar-refractivity contribution in [2.75, 3.05) is 10.2 Å². The van der Waals surface area contributed by atoms with E-state index in [1.807, 2.05) is 0 Å². The number of halogens is 1. The van der Waals surface area contributed by atoms with Crippen LogP contribution in [-0.4, -0.2) is 16.7 Å². The Morgan fingerprint density at radius 2 is 1.56 bits per heavy atom. The minimum absolute atomic E-state index is 0.0994. The second-order valence-electron chi connectivity index (χ2n) is 7.22. The quantitative estimate of drug-likeness (QED) is 0.239. The highest BCUT2D eigenvalue weighted by molar-refractivity contribution is 6.37. The van der Waals surface area contributed by atoms with E-state index in [9.17, 15) is 19.7 Å². The zero-order valence-corrected chi connectivity index (χ0v) is 17.2. The number of nitrogens with zero attached hydrogens (tertiary/aromatic N) is 2. The maximum Gasteiger partial charge on any atom is 0.294 e. The largest absolute Gasteiger partial charge is 0.349 e. The van der Waals surface area contributed by atoms with Crippen LogP contribution in [0, 0.1) is 10.1 Å². The van der Waals surface area contributed by atoms with Crippen molar-refractivity contribution in [1.82, 2.24) is 0 Å². The van der Waals surface area contributed by atoms with E-state index in [4.69, 9.17) is 11.6 Å². The summed E-state index contributed by atoms with van der Waals surface area (Å²) in [5.74, 6) is -1.09. The summed E-state index contributed by atoms with van der Waals surface area (Å²) < 4.78 is 0. The number of amides is 2. The van der Waals surface area contributed by atoms with Gasteiger partial charge in [-0.3, -0.25) is 19.7 Å². The topological polar surface area (TPSA) is 92.5 Å². The molecule has 8 heteroatoms. The molecule has 156 valence electrons. The Balaban J connectivity index is 1.77. The van der Waals surface area contributed by atoms with E-state index in [1.54, 1.807) is 72.8 Å². The standard InChI is InChI=1S/C24H14ClN3O4/c25-14-6-4-7-15(12-14)26-22-17-10-5-11-18-21(17)19(13-20(22)28(31)32)24(30)27(23(18)29)16-8-2-1-3-9-16/h1-13,26H. The Morgan fingerprint density at radius 1 is 0.844 bits per heavy atom. The van der Waals surface area contributed by atoms with Crippen LogP contribution in [0.2, 0.25) is 5.02 Å². The molecular weight excluding hydrogens is 430 g/mol. The number of nitro benzene ring substituents is 1. The summed E-state index contributed by atoms with van der Waals surface area (Å²) in [6, 6.07) is 21.4. The molecule has 0 unspecified atom stereocenters. The molecule has 1 heterocycles. The highest BCUT2D eigenvalue weighted by Crippen LogP contribution is 2.42. The molecule has 5 rings (SSSR count). The van der Waals surface area contributed by atoms with Crippen LogP contribution in [0.1, 0.15) is 20.7 Å². The molecule has 2 amide bonds. The first-order valence-corrected chi connectivity index (χ1v) is 10.0. The van der Waals surface area contributed by atoms with Crippen LogP contribution in [-0.2, 0) is 0 Å². The first-order chi connectivity index (χ1) is 15.5. The molecule has 0 saturated carbocycles. The van der Waals surface area contributed by atoms with Gasteiger partial charge in [0.1, 0.15) is 5.69 Å². The second-order valence-corrected chi connectivity index (χ2v) is 7.66. The SMILES string of the molecule is O=C1c2cccc3c(Nc4cccc(Cl)c4)c([N+](=O)[O-])cc(c23)C(=O)N1c1ccccc1. The number of rotatable bonds is 4. The van der Waals surface area contributed by atoms with Crippen molar-refractivity contribution in [2.45, 2.75) is 0 Å². The Labute approximate surface area is 187 Å². The van der Waals surface area contributed by atoms with E-state index in [0.717, 1.165) is 4.90 Å². The van der Waals surface area contributed by atoms with Gasteiger partial charge < -0.3 is 5.32 Å². The minimum Gasteiger partial charge on any atom is -0.349 e. The van der Waals surface area contributed by atoms with Crippen molar-refractivity contribution in [3.63, 3.8) is 0 Å². The third-order valence-corrected chi connectivity index (χ3v) is 5.55. The van der Waals surface area contributed by atoms with Crippen LogP contribution >= 0.6 is 11.6 Å². The van der Waals surface area contributed by atoms with Crippen LogP contribution < -0.4 is 10.2 Å². The van der Waals surface area contributed by atoms with Gasteiger partial charge in [-0.1, -0.05) is 48.0 Å². The van der Waals surface area contributed by atoms with Gasteiger partial charge in [0, 0.05) is 33.1 Å². The van der Waals surface area contributed by atoms with E-state index in [2.05, 4.69) is 5.32 Å². The molecule has 4 aromatic carbocycles.